The zero-order chi connectivity index (χ0) is 11.8. The molecule has 0 aromatic heterocycles. The third-order valence-corrected chi connectivity index (χ3v) is 3.28. The summed E-state index contributed by atoms with van der Waals surface area (Å²) in [5.74, 6) is 3.51. The van der Waals surface area contributed by atoms with Gasteiger partial charge in [-0.3, -0.25) is 4.99 Å². The molecule has 0 unspecified atom stereocenters. The van der Waals surface area contributed by atoms with Gasteiger partial charge >= 0.3 is 0 Å². The molecule has 2 nitrogen and oxygen atoms in total. The van der Waals surface area contributed by atoms with E-state index in [2.05, 4.69) is 49.2 Å². The summed E-state index contributed by atoms with van der Waals surface area (Å²) >= 11 is 0. The van der Waals surface area contributed by atoms with Gasteiger partial charge in [0.1, 0.15) is 5.75 Å². The van der Waals surface area contributed by atoms with E-state index in [1.807, 2.05) is 0 Å². The van der Waals surface area contributed by atoms with E-state index in [4.69, 9.17) is 4.74 Å². The molecule has 1 radical (unpaired) electrons. The molecular weight excluding hydrogens is 210 g/mol. The van der Waals surface area contributed by atoms with Crippen molar-refractivity contribution in [3.63, 3.8) is 0 Å². The maximum atomic E-state index is 5.89. The Bertz CT molecular complexity index is 500. The van der Waals surface area contributed by atoms with Gasteiger partial charge in [0.2, 0.25) is 5.90 Å². The van der Waals surface area contributed by atoms with Gasteiger partial charge in [0.25, 0.3) is 0 Å². The maximum absolute atomic E-state index is 5.89. The van der Waals surface area contributed by atoms with E-state index < -0.39 is 0 Å². The molecule has 1 aromatic carbocycles. The van der Waals surface area contributed by atoms with Crippen molar-refractivity contribution in [1.82, 2.24) is 0 Å². The zero-order valence-electron chi connectivity index (χ0n) is 10.2. The quantitative estimate of drug-likeness (QED) is 0.720. The number of rotatable bonds is 1. The van der Waals surface area contributed by atoms with Gasteiger partial charge in [-0.25, -0.2) is 0 Å². The summed E-state index contributed by atoms with van der Waals surface area (Å²) in [7, 11) is 0. The van der Waals surface area contributed by atoms with Crippen LogP contribution in [0.4, 0.5) is 0 Å². The summed E-state index contributed by atoms with van der Waals surface area (Å²) < 4.78 is 5.89. The molecule has 2 heteroatoms. The highest BCUT2D eigenvalue weighted by molar-refractivity contribution is 5.97. The average molecular weight is 226 g/mol. The molecule has 3 rings (SSSR count). The largest absolute Gasteiger partial charge is 0.442 e. The first kappa shape index (κ1) is 10.6. The molecular formula is C15H16NO. The lowest BCUT2D eigenvalue weighted by Gasteiger charge is -2.26. The standard InChI is InChI=1S/C15H16NO/c1-10(2)11-5-6-12-8-13-4-3-7-16-15(13)17-14(12)9-11/h3-6,9-10H,7-8H2,1-2H3. The molecule has 2 aliphatic rings. The van der Waals surface area contributed by atoms with E-state index >= 15 is 0 Å². The number of hydrogen-bond donors (Lipinski definition) is 0. The van der Waals surface area contributed by atoms with Crippen molar-refractivity contribution in [2.75, 3.05) is 6.54 Å². The number of dihydropyridines is 1. The molecule has 0 amide bonds. The second-order valence-corrected chi connectivity index (χ2v) is 4.87. The Hall–Kier alpha value is -1.57. The molecule has 0 atom stereocenters. The van der Waals surface area contributed by atoms with Crippen LogP contribution < -0.4 is 4.74 Å². The molecule has 2 heterocycles. The normalized spacial score (nSPS) is 18.4. The predicted octanol–water partition coefficient (Wildman–Crippen LogP) is 3.29. The van der Waals surface area contributed by atoms with E-state index in [1.54, 1.807) is 0 Å². The minimum atomic E-state index is 0.530. The van der Waals surface area contributed by atoms with Crippen molar-refractivity contribution < 1.29 is 4.74 Å². The molecule has 17 heavy (non-hydrogen) atoms. The highest BCUT2D eigenvalue weighted by atomic mass is 16.5. The minimum absolute atomic E-state index is 0.530. The summed E-state index contributed by atoms with van der Waals surface area (Å²) in [5, 5.41) is 0. The van der Waals surface area contributed by atoms with E-state index in [0.29, 0.717) is 5.92 Å². The fourth-order valence-corrected chi connectivity index (χ4v) is 2.22. The Morgan fingerprint density at radius 2 is 2.18 bits per heavy atom. The van der Waals surface area contributed by atoms with Gasteiger partial charge in [-0.15, -0.1) is 0 Å². The number of aliphatic imine (C=N–C) groups is 1. The second-order valence-electron chi connectivity index (χ2n) is 4.87. The molecule has 0 bridgehead atoms. The summed E-state index contributed by atoms with van der Waals surface area (Å²) in [6, 6.07) is 6.52. The zero-order valence-corrected chi connectivity index (χ0v) is 10.2. The summed E-state index contributed by atoms with van der Waals surface area (Å²) in [6.45, 7) is 5.13. The van der Waals surface area contributed by atoms with Gasteiger partial charge in [-0.1, -0.05) is 38.1 Å². The van der Waals surface area contributed by atoms with Gasteiger partial charge in [0.05, 0.1) is 12.5 Å². The lowest BCUT2D eigenvalue weighted by molar-refractivity contribution is 0.512. The third kappa shape index (κ3) is 1.88. The Kier molecular flexibility index (Phi) is 2.50. The van der Waals surface area contributed by atoms with E-state index in [9.17, 15) is 0 Å². The molecule has 87 valence electrons. The van der Waals surface area contributed by atoms with Gasteiger partial charge in [-0.05, 0) is 29.5 Å². The van der Waals surface area contributed by atoms with E-state index in [0.717, 1.165) is 24.6 Å². The Labute approximate surface area is 102 Å². The van der Waals surface area contributed by atoms with Crippen molar-refractivity contribution in [1.29, 1.82) is 0 Å². The van der Waals surface area contributed by atoms with E-state index in [1.165, 1.54) is 17.0 Å². The van der Waals surface area contributed by atoms with Crippen molar-refractivity contribution in [2.45, 2.75) is 26.2 Å². The molecule has 0 fully saturated rings. The first-order valence-corrected chi connectivity index (χ1v) is 6.12. The van der Waals surface area contributed by atoms with Crippen LogP contribution in [0.15, 0.2) is 35.3 Å². The number of fused-ring (bicyclic) bond motifs is 2. The predicted molar refractivity (Wildman–Crippen MR) is 69.5 cm³/mol. The van der Waals surface area contributed by atoms with E-state index in [-0.39, 0.29) is 0 Å². The molecule has 0 aliphatic carbocycles. The second kappa shape index (κ2) is 4.02. The minimum Gasteiger partial charge on any atom is -0.442 e. The van der Waals surface area contributed by atoms with Crippen molar-refractivity contribution in [3.8, 4) is 5.75 Å². The fourth-order valence-electron chi connectivity index (χ4n) is 2.22. The Morgan fingerprint density at radius 1 is 1.29 bits per heavy atom. The van der Waals surface area contributed by atoms with Crippen molar-refractivity contribution >= 4 is 5.90 Å². The SMILES string of the molecule is CC(C)c1ccc2c(c1)OC1=NCC=C[C]1C2. The van der Waals surface area contributed by atoms with Crippen molar-refractivity contribution in [3.05, 3.63) is 47.4 Å². The summed E-state index contributed by atoms with van der Waals surface area (Å²) in [6.07, 6.45) is 5.14. The Morgan fingerprint density at radius 3 is 3.00 bits per heavy atom. The monoisotopic (exact) mass is 226 g/mol. The van der Waals surface area contributed by atoms with Gasteiger partial charge in [0, 0.05) is 0 Å². The molecule has 0 saturated carbocycles. The average Bonchev–Trinajstić information content (AvgIpc) is 2.35. The van der Waals surface area contributed by atoms with Crippen LogP contribution in [0.25, 0.3) is 0 Å². The molecule has 0 saturated heterocycles. The lowest BCUT2D eigenvalue weighted by atomic mass is 9.92. The third-order valence-electron chi connectivity index (χ3n) is 3.28. The van der Waals surface area contributed by atoms with Crippen LogP contribution in [0.1, 0.15) is 30.9 Å². The van der Waals surface area contributed by atoms with Crippen LogP contribution in [0.5, 0.6) is 5.75 Å². The van der Waals surface area contributed by atoms with Crippen LogP contribution in [0.2, 0.25) is 0 Å². The first-order chi connectivity index (χ1) is 8.24. The van der Waals surface area contributed by atoms with Crippen LogP contribution in [-0.2, 0) is 6.42 Å². The summed E-state index contributed by atoms with van der Waals surface area (Å²) in [5.41, 5.74) is 2.58. The molecule has 0 spiro atoms. The Balaban J connectivity index is 1.98. The van der Waals surface area contributed by atoms with Gasteiger partial charge in [-0.2, -0.15) is 0 Å². The van der Waals surface area contributed by atoms with Gasteiger partial charge < -0.3 is 4.74 Å². The number of ether oxygens (including phenoxy) is 1. The molecule has 0 N–H and O–H groups in total. The van der Waals surface area contributed by atoms with Crippen LogP contribution in [0.3, 0.4) is 0 Å². The highest BCUT2D eigenvalue weighted by Gasteiger charge is 2.26. The topological polar surface area (TPSA) is 21.6 Å². The van der Waals surface area contributed by atoms with Gasteiger partial charge in [0.15, 0.2) is 0 Å². The van der Waals surface area contributed by atoms with Crippen LogP contribution >= 0.6 is 0 Å². The molecule has 2 aliphatic heterocycles. The number of nitrogens with zero attached hydrogens (tertiary/aromatic N) is 1. The number of benzene rings is 1. The number of hydrogen-bond acceptors (Lipinski definition) is 2. The van der Waals surface area contributed by atoms with Crippen molar-refractivity contribution in [2.24, 2.45) is 4.99 Å². The van der Waals surface area contributed by atoms with Crippen LogP contribution in [-0.4, -0.2) is 12.4 Å². The lowest BCUT2D eigenvalue weighted by Crippen LogP contribution is -2.27. The van der Waals surface area contributed by atoms with Crippen LogP contribution in [0, 0.1) is 5.92 Å². The first-order valence-electron chi connectivity index (χ1n) is 6.12. The maximum Gasteiger partial charge on any atom is 0.202 e. The highest BCUT2D eigenvalue weighted by Crippen LogP contribution is 2.33. The smallest absolute Gasteiger partial charge is 0.202 e. The molecule has 1 aromatic rings. The fraction of sp³-hybridized carbons (Fsp3) is 0.333. The summed E-state index contributed by atoms with van der Waals surface area (Å²) in [4.78, 5) is 4.40.